The molecule has 0 aliphatic heterocycles. The van der Waals surface area contributed by atoms with Crippen LogP contribution in [0.5, 0.6) is 0 Å². The molecule has 1 heterocycles. The van der Waals surface area contributed by atoms with Gasteiger partial charge in [0.1, 0.15) is 5.82 Å². The van der Waals surface area contributed by atoms with Crippen LogP contribution < -0.4 is 0 Å². The molecule has 1 aromatic carbocycles. The van der Waals surface area contributed by atoms with Crippen LogP contribution >= 0.6 is 0 Å². The average Bonchev–Trinajstić information content (AvgIpc) is 2.57. The summed E-state index contributed by atoms with van der Waals surface area (Å²) in [5, 5.41) is 9.73. The first-order valence-corrected chi connectivity index (χ1v) is 5.41. The van der Waals surface area contributed by atoms with Crippen LogP contribution in [0.1, 0.15) is 12.2 Å². The zero-order valence-corrected chi connectivity index (χ0v) is 9.43. The SMILES string of the molecule is C=CCC(O)Cc1nc2ccccc2n1C. The van der Waals surface area contributed by atoms with Crippen LogP contribution in [0.25, 0.3) is 11.0 Å². The summed E-state index contributed by atoms with van der Waals surface area (Å²) in [4.78, 5) is 4.50. The highest BCUT2D eigenvalue weighted by molar-refractivity contribution is 5.75. The van der Waals surface area contributed by atoms with Crippen molar-refractivity contribution >= 4 is 11.0 Å². The van der Waals surface area contributed by atoms with E-state index < -0.39 is 6.10 Å². The van der Waals surface area contributed by atoms with Gasteiger partial charge in [-0.2, -0.15) is 0 Å². The Morgan fingerprint density at radius 1 is 1.50 bits per heavy atom. The van der Waals surface area contributed by atoms with E-state index in [9.17, 15) is 5.11 Å². The van der Waals surface area contributed by atoms with E-state index in [0.717, 1.165) is 16.9 Å². The van der Waals surface area contributed by atoms with E-state index in [1.807, 2.05) is 35.9 Å². The molecule has 3 heteroatoms. The molecule has 0 amide bonds. The van der Waals surface area contributed by atoms with Crippen LogP contribution in [0.2, 0.25) is 0 Å². The summed E-state index contributed by atoms with van der Waals surface area (Å²) >= 11 is 0. The molecule has 1 aromatic heterocycles. The largest absolute Gasteiger partial charge is 0.392 e. The van der Waals surface area contributed by atoms with Gasteiger partial charge in [0.25, 0.3) is 0 Å². The van der Waals surface area contributed by atoms with Gasteiger partial charge in [-0.15, -0.1) is 6.58 Å². The number of para-hydroxylation sites is 2. The van der Waals surface area contributed by atoms with Crippen molar-refractivity contribution in [1.29, 1.82) is 0 Å². The van der Waals surface area contributed by atoms with Crippen LogP contribution in [0.15, 0.2) is 36.9 Å². The van der Waals surface area contributed by atoms with Gasteiger partial charge in [-0.25, -0.2) is 4.98 Å². The minimum atomic E-state index is -0.395. The molecule has 0 aliphatic carbocycles. The van der Waals surface area contributed by atoms with Gasteiger partial charge in [0, 0.05) is 13.5 Å². The molecule has 1 N–H and O–H groups in total. The van der Waals surface area contributed by atoms with Crippen molar-refractivity contribution in [3.8, 4) is 0 Å². The van der Waals surface area contributed by atoms with Gasteiger partial charge >= 0.3 is 0 Å². The second-order valence-corrected chi connectivity index (χ2v) is 3.96. The zero-order valence-electron chi connectivity index (χ0n) is 9.43. The highest BCUT2D eigenvalue weighted by Crippen LogP contribution is 2.15. The number of hydrogen-bond donors (Lipinski definition) is 1. The van der Waals surface area contributed by atoms with Gasteiger partial charge in [0.15, 0.2) is 0 Å². The molecule has 84 valence electrons. The third-order valence-corrected chi connectivity index (χ3v) is 2.74. The number of aryl methyl sites for hydroxylation is 1. The molecule has 0 saturated carbocycles. The highest BCUT2D eigenvalue weighted by atomic mass is 16.3. The Bertz CT molecular complexity index is 502. The molecule has 0 spiro atoms. The lowest BCUT2D eigenvalue weighted by atomic mass is 10.2. The molecule has 2 aromatic rings. The molecule has 16 heavy (non-hydrogen) atoms. The van der Waals surface area contributed by atoms with Crippen molar-refractivity contribution in [3.05, 3.63) is 42.7 Å². The third-order valence-electron chi connectivity index (χ3n) is 2.74. The van der Waals surface area contributed by atoms with E-state index in [1.54, 1.807) is 6.08 Å². The smallest absolute Gasteiger partial charge is 0.112 e. The average molecular weight is 216 g/mol. The molecular formula is C13H16N2O. The Hall–Kier alpha value is -1.61. The van der Waals surface area contributed by atoms with Crippen molar-refractivity contribution in [2.45, 2.75) is 18.9 Å². The summed E-state index contributed by atoms with van der Waals surface area (Å²) in [6.45, 7) is 3.62. The first-order chi connectivity index (χ1) is 7.72. The van der Waals surface area contributed by atoms with Gasteiger partial charge < -0.3 is 9.67 Å². The standard InChI is InChI=1S/C13H16N2O/c1-3-6-10(16)9-13-14-11-7-4-5-8-12(11)15(13)2/h3-5,7-8,10,16H,1,6,9H2,2H3. The fourth-order valence-corrected chi connectivity index (χ4v) is 1.86. The predicted molar refractivity (Wildman–Crippen MR) is 65.2 cm³/mol. The van der Waals surface area contributed by atoms with Crippen LogP contribution in [0.4, 0.5) is 0 Å². The lowest BCUT2D eigenvalue weighted by Gasteiger charge is -2.07. The maximum atomic E-state index is 9.73. The van der Waals surface area contributed by atoms with Gasteiger partial charge in [-0.1, -0.05) is 18.2 Å². The first-order valence-electron chi connectivity index (χ1n) is 5.41. The Morgan fingerprint density at radius 2 is 2.25 bits per heavy atom. The lowest BCUT2D eigenvalue weighted by Crippen LogP contribution is -2.12. The molecule has 0 saturated heterocycles. The molecule has 0 bridgehead atoms. The molecule has 3 nitrogen and oxygen atoms in total. The number of nitrogens with zero attached hydrogens (tertiary/aromatic N) is 2. The normalized spacial score (nSPS) is 12.9. The molecule has 1 atom stereocenters. The maximum Gasteiger partial charge on any atom is 0.112 e. The summed E-state index contributed by atoms with van der Waals surface area (Å²) in [5.41, 5.74) is 2.08. The van der Waals surface area contributed by atoms with Gasteiger partial charge in [0.2, 0.25) is 0 Å². The van der Waals surface area contributed by atoms with E-state index in [0.29, 0.717) is 12.8 Å². The number of benzene rings is 1. The fraction of sp³-hybridized carbons (Fsp3) is 0.308. The Kier molecular flexibility index (Phi) is 3.06. The van der Waals surface area contributed by atoms with Crippen molar-refractivity contribution in [3.63, 3.8) is 0 Å². The Balaban J connectivity index is 2.31. The summed E-state index contributed by atoms with van der Waals surface area (Å²) in [5.74, 6) is 0.913. The van der Waals surface area contributed by atoms with E-state index in [1.165, 1.54) is 0 Å². The van der Waals surface area contributed by atoms with E-state index in [-0.39, 0.29) is 0 Å². The Labute approximate surface area is 95.0 Å². The minimum Gasteiger partial charge on any atom is -0.392 e. The number of aliphatic hydroxyl groups is 1. The molecule has 0 radical (unpaired) electrons. The molecule has 2 rings (SSSR count). The van der Waals surface area contributed by atoms with E-state index in [2.05, 4.69) is 11.6 Å². The number of aromatic nitrogens is 2. The Morgan fingerprint density at radius 3 is 2.94 bits per heavy atom. The molecule has 1 unspecified atom stereocenters. The summed E-state index contributed by atoms with van der Waals surface area (Å²) < 4.78 is 2.03. The summed E-state index contributed by atoms with van der Waals surface area (Å²) in [6.07, 6.45) is 2.50. The summed E-state index contributed by atoms with van der Waals surface area (Å²) in [6, 6.07) is 7.98. The molecule has 0 aliphatic rings. The molecular weight excluding hydrogens is 200 g/mol. The van der Waals surface area contributed by atoms with Gasteiger partial charge in [-0.05, 0) is 18.6 Å². The number of imidazole rings is 1. The van der Waals surface area contributed by atoms with Crippen molar-refractivity contribution < 1.29 is 5.11 Å². The van der Waals surface area contributed by atoms with Crippen molar-refractivity contribution in [2.24, 2.45) is 7.05 Å². The maximum absolute atomic E-state index is 9.73. The van der Waals surface area contributed by atoms with E-state index in [4.69, 9.17) is 0 Å². The number of rotatable bonds is 4. The minimum absolute atomic E-state index is 0.395. The number of hydrogen-bond acceptors (Lipinski definition) is 2. The fourth-order valence-electron chi connectivity index (χ4n) is 1.86. The van der Waals surface area contributed by atoms with Crippen LogP contribution in [-0.4, -0.2) is 20.8 Å². The first kappa shape index (κ1) is 10.9. The zero-order chi connectivity index (χ0) is 11.5. The van der Waals surface area contributed by atoms with Gasteiger partial charge in [-0.3, -0.25) is 0 Å². The van der Waals surface area contributed by atoms with Crippen LogP contribution in [0.3, 0.4) is 0 Å². The third kappa shape index (κ3) is 1.99. The van der Waals surface area contributed by atoms with E-state index >= 15 is 0 Å². The number of aliphatic hydroxyl groups excluding tert-OH is 1. The lowest BCUT2D eigenvalue weighted by molar-refractivity contribution is 0.175. The molecule has 0 fully saturated rings. The topological polar surface area (TPSA) is 38.1 Å². The van der Waals surface area contributed by atoms with Crippen LogP contribution in [0, 0.1) is 0 Å². The second-order valence-electron chi connectivity index (χ2n) is 3.96. The van der Waals surface area contributed by atoms with Crippen LogP contribution in [-0.2, 0) is 13.5 Å². The predicted octanol–water partition coefficient (Wildman–Crippen LogP) is 2.05. The van der Waals surface area contributed by atoms with Crippen molar-refractivity contribution in [1.82, 2.24) is 9.55 Å². The highest BCUT2D eigenvalue weighted by Gasteiger charge is 2.10. The number of fused-ring (bicyclic) bond motifs is 1. The monoisotopic (exact) mass is 216 g/mol. The quantitative estimate of drug-likeness (QED) is 0.794. The second kappa shape index (κ2) is 4.49. The van der Waals surface area contributed by atoms with Gasteiger partial charge in [0.05, 0.1) is 17.1 Å². The summed E-state index contributed by atoms with van der Waals surface area (Å²) in [7, 11) is 1.98. The van der Waals surface area contributed by atoms with Crippen molar-refractivity contribution in [2.75, 3.05) is 0 Å².